The highest BCUT2D eigenvalue weighted by Crippen LogP contribution is 2.30. The fourth-order valence-electron chi connectivity index (χ4n) is 3.40. The second-order valence-corrected chi connectivity index (χ2v) is 9.08. The summed E-state index contributed by atoms with van der Waals surface area (Å²) in [5.41, 5.74) is 1.48. The fraction of sp³-hybridized carbons (Fsp3) is 0.167. The van der Waals surface area contributed by atoms with Crippen molar-refractivity contribution in [1.29, 1.82) is 0 Å². The van der Waals surface area contributed by atoms with Crippen LogP contribution in [0.1, 0.15) is 34.6 Å². The number of halogens is 1. The first kappa shape index (κ1) is 22.8. The Bertz CT molecular complexity index is 1360. The standard InChI is InChI=1S/C24H19FN2O4S2/c1-13(2)31-21-8-6-15(10-18(21)25)23(28)17(12-16-4-3-9-32-16)22(24(29)30)14-5-7-19-20(11-14)27-33-26-19/h3-11,13H,12H2,1-2H3,(H,29,30). The van der Waals surface area contributed by atoms with Crippen molar-refractivity contribution in [2.45, 2.75) is 26.4 Å². The number of Topliss-reactive ketones (excluding diaryl/α,β-unsaturated/α-hetero) is 1. The minimum atomic E-state index is -1.25. The molecule has 0 radical (unpaired) electrons. The first-order valence-corrected chi connectivity index (χ1v) is 11.7. The van der Waals surface area contributed by atoms with Crippen LogP contribution in [0.25, 0.3) is 16.6 Å². The molecule has 2 heterocycles. The number of carbonyl (C=O) groups is 2. The number of aromatic nitrogens is 2. The van der Waals surface area contributed by atoms with Crippen molar-refractivity contribution in [3.05, 3.63) is 81.3 Å². The molecule has 0 unspecified atom stereocenters. The lowest BCUT2D eigenvalue weighted by Gasteiger charge is -2.14. The van der Waals surface area contributed by atoms with Crippen LogP contribution in [0.2, 0.25) is 0 Å². The Morgan fingerprint density at radius 3 is 2.48 bits per heavy atom. The molecule has 6 nitrogen and oxygen atoms in total. The van der Waals surface area contributed by atoms with Crippen molar-refractivity contribution in [3.63, 3.8) is 0 Å². The average Bonchev–Trinajstić information content (AvgIpc) is 3.45. The number of hydrogen-bond acceptors (Lipinski definition) is 7. The Morgan fingerprint density at radius 2 is 1.82 bits per heavy atom. The first-order chi connectivity index (χ1) is 15.8. The molecule has 0 aliphatic carbocycles. The quantitative estimate of drug-likeness (QED) is 0.258. The Labute approximate surface area is 197 Å². The zero-order chi connectivity index (χ0) is 23.5. The van der Waals surface area contributed by atoms with Crippen molar-refractivity contribution in [3.8, 4) is 5.75 Å². The number of carboxylic acids is 1. The van der Waals surface area contributed by atoms with Gasteiger partial charge >= 0.3 is 5.97 Å². The van der Waals surface area contributed by atoms with E-state index in [1.54, 1.807) is 32.0 Å². The zero-order valence-electron chi connectivity index (χ0n) is 17.7. The molecule has 0 spiro atoms. The molecule has 1 N–H and O–H groups in total. The minimum absolute atomic E-state index is 0.0327. The molecule has 33 heavy (non-hydrogen) atoms. The molecule has 0 amide bonds. The number of rotatable bonds is 8. The van der Waals surface area contributed by atoms with Gasteiger partial charge in [0.25, 0.3) is 0 Å². The average molecular weight is 483 g/mol. The highest BCUT2D eigenvalue weighted by molar-refractivity contribution is 7.09. The number of fused-ring (bicyclic) bond motifs is 1. The minimum Gasteiger partial charge on any atom is -0.488 e. The van der Waals surface area contributed by atoms with E-state index in [2.05, 4.69) is 8.75 Å². The molecule has 0 aliphatic heterocycles. The monoisotopic (exact) mass is 482 g/mol. The number of carbonyl (C=O) groups excluding carboxylic acids is 1. The lowest BCUT2D eigenvalue weighted by molar-refractivity contribution is -0.130. The maximum absolute atomic E-state index is 14.6. The first-order valence-electron chi connectivity index (χ1n) is 10.1. The molecule has 4 aromatic rings. The number of aliphatic carboxylic acids is 1. The summed E-state index contributed by atoms with van der Waals surface area (Å²) in [4.78, 5) is 26.7. The topological polar surface area (TPSA) is 89.4 Å². The number of nitrogens with zero attached hydrogens (tertiary/aromatic N) is 2. The summed E-state index contributed by atoms with van der Waals surface area (Å²) in [6.45, 7) is 3.54. The molecule has 0 aliphatic rings. The van der Waals surface area contributed by atoms with E-state index in [9.17, 15) is 19.1 Å². The van der Waals surface area contributed by atoms with Gasteiger partial charge in [-0.25, -0.2) is 9.18 Å². The van der Waals surface area contributed by atoms with E-state index >= 15 is 0 Å². The van der Waals surface area contributed by atoms with Gasteiger partial charge in [0.05, 0.1) is 23.4 Å². The third-order valence-corrected chi connectivity index (χ3v) is 6.25. The van der Waals surface area contributed by atoms with Gasteiger partial charge in [-0.3, -0.25) is 4.79 Å². The van der Waals surface area contributed by atoms with Gasteiger partial charge in [-0.2, -0.15) is 8.75 Å². The number of carboxylic acid groups (broad SMARTS) is 1. The van der Waals surface area contributed by atoms with Gasteiger partial charge in [0.1, 0.15) is 11.0 Å². The predicted molar refractivity (Wildman–Crippen MR) is 126 cm³/mol. The highest BCUT2D eigenvalue weighted by Gasteiger charge is 2.25. The lowest BCUT2D eigenvalue weighted by Crippen LogP contribution is -2.14. The molecular weight excluding hydrogens is 463 g/mol. The van der Waals surface area contributed by atoms with Crippen molar-refractivity contribution in [1.82, 2.24) is 8.75 Å². The number of benzene rings is 2. The van der Waals surface area contributed by atoms with Crippen LogP contribution in [-0.2, 0) is 11.2 Å². The van der Waals surface area contributed by atoms with Gasteiger partial charge in [0.15, 0.2) is 17.3 Å². The second kappa shape index (κ2) is 9.60. The van der Waals surface area contributed by atoms with Crippen LogP contribution in [0.4, 0.5) is 4.39 Å². The Kier molecular flexibility index (Phi) is 6.62. The van der Waals surface area contributed by atoms with Crippen LogP contribution >= 0.6 is 23.1 Å². The van der Waals surface area contributed by atoms with Gasteiger partial charge in [-0.05, 0) is 61.2 Å². The summed E-state index contributed by atoms with van der Waals surface area (Å²) < 4.78 is 28.3. The lowest BCUT2D eigenvalue weighted by atomic mass is 9.91. The predicted octanol–water partition coefficient (Wildman–Crippen LogP) is 5.64. The van der Waals surface area contributed by atoms with Crippen molar-refractivity contribution in [2.75, 3.05) is 0 Å². The summed E-state index contributed by atoms with van der Waals surface area (Å²) in [6.07, 6.45) is -0.138. The molecular formula is C24H19FN2O4S2. The van der Waals surface area contributed by atoms with E-state index in [0.29, 0.717) is 16.6 Å². The van der Waals surface area contributed by atoms with Gasteiger partial charge in [-0.15, -0.1) is 11.3 Å². The maximum atomic E-state index is 14.6. The van der Waals surface area contributed by atoms with E-state index in [1.807, 2.05) is 17.5 Å². The van der Waals surface area contributed by atoms with E-state index in [1.165, 1.54) is 23.5 Å². The molecule has 0 fully saturated rings. The van der Waals surface area contributed by atoms with E-state index in [0.717, 1.165) is 22.7 Å². The third-order valence-electron chi connectivity index (χ3n) is 4.82. The third kappa shape index (κ3) is 4.99. The van der Waals surface area contributed by atoms with Crippen molar-refractivity contribution in [2.24, 2.45) is 0 Å². The largest absolute Gasteiger partial charge is 0.488 e. The van der Waals surface area contributed by atoms with Crippen molar-refractivity contribution < 1.29 is 23.8 Å². The van der Waals surface area contributed by atoms with Gasteiger partial charge in [-0.1, -0.05) is 12.1 Å². The van der Waals surface area contributed by atoms with Crippen LogP contribution in [0.5, 0.6) is 5.75 Å². The number of hydrogen-bond donors (Lipinski definition) is 1. The van der Waals surface area contributed by atoms with E-state index in [-0.39, 0.29) is 35.0 Å². The van der Waals surface area contributed by atoms with Crippen LogP contribution in [-0.4, -0.2) is 31.7 Å². The molecule has 0 bridgehead atoms. The van der Waals surface area contributed by atoms with Gasteiger partial charge in [0, 0.05) is 22.4 Å². The number of allylic oxidation sites excluding steroid dienone is 1. The Balaban J connectivity index is 1.85. The number of thiophene rings is 1. The van der Waals surface area contributed by atoms with Crippen LogP contribution in [0.3, 0.4) is 0 Å². The summed E-state index contributed by atoms with van der Waals surface area (Å²) in [6, 6.07) is 12.4. The smallest absolute Gasteiger partial charge is 0.336 e. The van der Waals surface area contributed by atoms with Crippen LogP contribution in [0.15, 0.2) is 59.5 Å². The summed E-state index contributed by atoms with van der Waals surface area (Å²) in [7, 11) is 0. The molecule has 0 saturated heterocycles. The maximum Gasteiger partial charge on any atom is 0.336 e. The molecule has 2 aromatic carbocycles. The highest BCUT2D eigenvalue weighted by atomic mass is 32.1. The van der Waals surface area contributed by atoms with E-state index < -0.39 is 17.6 Å². The summed E-state index contributed by atoms with van der Waals surface area (Å²) >= 11 is 2.43. The van der Waals surface area contributed by atoms with Crippen LogP contribution < -0.4 is 4.74 Å². The Hall–Kier alpha value is -3.43. The molecule has 4 rings (SSSR count). The van der Waals surface area contributed by atoms with Gasteiger partial charge < -0.3 is 9.84 Å². The zero-order valence-corrected chi connectivity index (χ0v) is 19.4. The fourth-order valence-corrected chi connectivity index (χ4v) is 4.63. The molecule has 168 valence electrons. The summed E-state index contributed by atoms with van der Waals surface area (Å²) in [5, 5.41) is 12.0. The normalized spacial score (nSPS) is 12.1. The van der Waals surface area contributed by atoms with Crippen molar-refractivity contribution >= 4 is 51.4 Å². The van der Waals surface area contributed by atoms with E-state index in [4.69, 9.17) is 4.74 Å². The molecule has 0 atom stereocenters. The molecule has 9 heteroatoms. The Morgan fingerprint density at radius 1 is 1.06 bits per heavy atom. The molecule has 2 aromatic heterocycles. The number of ether oxygens (including phenoxy) is 1. The summed E-state index contributed by atoms with van der Waals surface area (Å²) in [5.74, 6) is -2.47. The number of ketones is 1. The SMILES string of the molecule is CC(C)Oc1ccc(C(=O)C(Cc2cccs2)=C(C(=O)O)c2ccc3nsnc3c2)cc1F. The second-order valence-electron chi connectivity index (χ2n) is 7.52. The molecule has 0 saturated carbocycles. The van der Waals surface area contributed by atoms with Gasteiger partial charge in [0.2, 0.25) is 0 Å². The van der Waals surface area contributed by atoms with Crippen LogP contribution in [0, 0.1) is 5.82 Å².